The molecule has 0 radical (unpaired) electrons. The molecule has 2 rings (SSSR count). The maximum atomic E-state index is 12.0. The van der Waals surface area contributed by atoms with Crippen molar-refractivity contribution in [2.75, 3.05) is 18.8 Å². The first kappa shape index (κ1) is 13.9. The summed E-state index contributed by atoms with van der Waals surface area (Å²) in [6.45, 7) is 5.55. The maximum Gasteiger partial charge on any atom is 0.232 e. The number of fused-ring (bicyclic) bond motifs is 1. The van der Waals surface area contributed by atoms with Crippen LogP contribution < -0.4 is 0 Å². The molecule has 19 heavy (non-hydrogen) atoms. The number of para-hydroxylation sites is 1. The van der Waals surface area contributed by atoms with Crippen molar-refractivity contribution in [1.29, 1.82) is 0 Å². The molecule has 100 valence electrons. The molecule has 0 unspecified atom stereocenters. The molecule has 0 saturated carbocycles. The summed E-state index contributed by atoms with van der Waals surface area (Å²) in [4.78, 5) is 19.3. The van der Waals surface area contributed by atoms with Gasteiger partial charge in [0.15, 0.2) is 0 Å². The fourth-order valence-corrected chi connectivity index (χ4v) is 2.94. The largest absolute Gasteiger partial charge is 0.343 e. The lowest BCUT2D eigenvalue weighted by Gasteiger charge is -2.18. The van der Waals surface area contributed by atoms with E-state index in [-0.39, 0.29) is 5.91 Å². The Bertz CT molecular complexity index is 562. The van der Waals surface area contributed by atoms with Crippen molar-refractivity contribution in [3.63, 3.8) is 0 Å². The van der Waals surface area contributed by atoms with Crippen LogP contribution in [0.2, 0.25) is 0 Å². The van der Waals surface area contributed by atoms with Gasteiger partial charge in [-0.25, -0.2) is 0 Å². The molecule has 0 saturated heterocycles. The number of hydrogen-bond donors (Lipinski definition) is 0. The number of thioether (sulfide) groups is 1. The summed E-state index contributed by atoms with van der Waals surface area (Å²) in [7, 11) is 0. The number of rotatable bonds is 5. The van der Waals surface area contributed by atoms with E-state index in [2.05, 4.69) is 4.98 Å². The van der Waals surface area contributed by atoms with E-state index < -0.39 is 0 Å². The van der Waals surface area contributed by atoms with Gasteiger partial charge in [0.05, 0.1) is 11.3 Å². The first-order valence-electron chi connectivity index (χ1n) is 6.50. The molecule has 0 N–H and O–H groups in total. The third kappa shape index (κ3) is 3.26. The van der Waals surface area contributed by atoms with E-state index >= 15 is 0 Å². The van der Waals surface area contributed by atoms with Gasteiger partial charge in [-0.15, -0.1) is 11.8 Å². The summed E-state index contributed by atoms with van der Waals surface area (Å²) >= 11 is 1.56. The lowest BCUT2D eigenvalue weighted by atomic mass is 10.2. The summed E-state index contributed by atoms with van der Waals surface area (Å²) in [6, 6.07) is 10.0. The lowest BCUT2D eigenvalue weighted by molar-refractivity contribution is -0.127. The molecule has 0 aliphatic carbocycles. The minimum Gasteiger partial charge on any atom is -0.343 e. The number of nitrogens with zero attached hydrogens (tertiary/aromatic N) is 2. The number of pyridine rings is 1. The first-order chi connectivity index (χ1) is 9.26. The topological polar surface area (TPSA) is 33.2 Å². The van der Waals surface area contributed by atoms with Gasteiger partial charge < -0.3 is 4.90 Å². The second-order valence-corrected chi connectivity index (χ2v) is 5.20. The number of aromatic nitrogens is 1. The Labute approximate surface area is 118 Å². The smallest absolute Gasteiger partial charge is 0.232 e. The second kappa shape index (κ2) is 6.57. The van der Waals surface area contributed by atoms with Crippen LogP contribution in [0.5, 0.6) is 0 Å². The number of carbonyl (C=O) groups excluding carboxylic acids is 1. The summed E-state index contributed by atoms with van der Waals surface area (Å²) in [5, 5.41) is 1.11. The molecule has 0 spiro atoms. The van der Waals surface area contributed by atoms with Crippen molar-refractivity contribution in [2.45, 2.75) is 18.7 Å². The van der Waals surface area contributed by atoms with Crippen LogP contribution >= 0.6 is 11.8 Å². The number of amides is 1. The third-order valence-electron chi connectivity index (χ3n) is 3.06. The average molecular weight is 274 g/mol. The van der Waals surface area contributed by atoms with Crippen molar-refractivity contribution in [3.05, 3.63) is 36.5 Å². The number of benzene rings is 1. The van der Waals surface area contributed by atoms with Crippen LogP contribution in [0.15, 0.2) is 41.4 Å². The maximum absolute atomic E-state index is 12.0. The molecular weight excluding hydrogens is 256 g/mol. The molecule has 0 aliphatic heterocycles. The molecule has 0 fully saturated rings. The molecule has 1 aromatic carbocycles. The Balaban J connectivity index is 2.12. The summed E-state index contributed by atoms with van der Waals surface area (Å²) in [6.07, 6.45) is 1.79. The van der Waals surface area contributed by atoms with Gasteiger partial charge in [0, 0.05) is 29.6 Å². The first-order valence-corrected chi connectivity index (χ1v) is 7.49. The average Bonchev–Trinajstić information content (AvgIpc) is 2.46. The Hall–Kier alpha value is -1.55. The Morgan fingerprint density at radius 1 is 1.21 bits per heavy atom. The minimum absolute atomic E-state index is 0.183. The standard InChI is InChI=1S/C15H18N2OS/c1-3-17(4-2)14(18)11-19-13-9-5-7-12-8-6-10-16-15(12)13/h5-10H,3-4,11H2,1-2H3. The third-order valence-corrected chi connectivity index (χ3v) is 4.09. The van der Waals surface area contributed by atoms with Gasteiger partial charge in [0.2, 0.25) is 5.91 Å². The predicted molar refractivity (Wildman–Crippen MR) is 80.4 cm³/mol. The Morgan fingerprint density at radius 2 is 1.95 bits per heavy atom. The normalized spacial score (nSPS) is 10.6. The van der Waals surface area contributed by atoms with Crippen molar-refractivity contribution in [1.82, 2.24) is 9.88 Å². The van der Waals surface area contributed by atoms with Gasteiger partial charge in [-0.2, -0.15) is 0 Å². The highest BCUT2D eigenvalue weighted by Crippen LogP contribution is 2.26. The highest BCUT2D eigenvalue weighted by Gasteiger charge is 2.11. The highest BCUT2D eigenvalue weighted by molar-refractivity contribution is 8.00. The molecule has 0 bridgehead atoms. The van der Waals surface area contributed by atoms with Gasteiger partial charge in [0.25, 0.3) is 0 Å². The number of hydrogen-bond acceptors (Lipinski definition) is 3. The zero-order valence-corrected chi connectivity index (χ0v) is 12.1. The zero-order valence-electron chi connectivity index (χ0n) is 11.3. The molecule has 3 nitrogen and oxygen atoms in total. The van der Waals surface area contributed by atoms with E-state index in [0.29, 0.717) is 5.75 Å². The number of carbonyl (C=O) groups is 1. The van der Waals surface area contributed by atoms with Gasteiger partial charge in [-0.05, 0) is 26.0 Å². The molecular formula is C15H18N2OS. The Kier molecular flexibility index (Phi) is 4.80. The van der Waals surface area contributed by atoms with Crippen LogP contribution in [-0.2, 0) is 4.79 Å². The zero-order chi connectivity index (χ0) is 13.7. The van der Waals surface area contributed by atoms with Gasteiger partial charge in [-0.3, -0.25) is 9.78 Å². The molecule has 4 heteroatoms. The summed E-state index contributed by atoms with van der Waals surface area (Å²) in [5.74, 6) is 0.653. The van der Waals surface area contributed by atoms with Crippen molar-refractivity contribution in [3.8, 4) is 0 Å². The summed E-state index contributed by atoms with van der Waals surface area (Å²) < 4.78 is 0. The molecule has 1 heterocycles. The minimum atomic E-state index is 0.183. The van der Waals surface area contributed by atoms with E-state index in [1.165, 1.54) is 0 Å². The SMILES string of the molecule is CCN(CC)C(=O)CSc1cccc2cccnc12. The lowest BCUT2D eigenvalue weighted by Crippen LogP contribution is -2.31. The second-order valence-electron chi connectivity index (χ2n) is 4.19. The Morgan fingerprint density at radius 3 is 2.68 bits per heavy atom. The highest BCUT2D eigenvalue weighted by atomic mass is 32.2. The van der Waals surface area contributed by atoms with E-state index in [1.54, 1.807) is 18.0 Å². The van der Waals surface area contributed by atoms with Crippen LogP contribution in [0.4, 0.5) is 0 Å². The van der Waals surface area contributed by atoms with E-state index in [0.717, 1.165) is 28.9 Å². The molecule has 1 aromatic heterocycles. The van der Waals surface area contributed by atoms with Gasteiger partial charge >= 0.3 is 0 Å². The van der Waals surface area contributed by atoms with Crippen LogP contribution in [-0.4, -0.2) is 34.6 Å². The van der Waals surface area contributed by atoms with Crippen molar-refractivity contribution >= 4 is 28.6 Å². The van der Waals surface area contributed by atoms with Gasteiger partial charge in [-0.1, -0.05) is 18.2 Å². The van der Waals surface area contributed by atoms with Crippen LogP contribution in [0.3, 0.4) is 0 Å². The quantitative estimate of drug-likeness (QED) is 0.785. The molecule has 0 aliphatic rings. The van der Waals surface area contributed by atoms with E-state index in [1.807, 2.05) is 49.1 Å². The fraction of sp³-hybridized carbons (Fsp3) is 0.333. The molecule has 2 aromatic rings. The van der Waals surface area contributed by atoms with Gasteiger partial charge in [0.1, 0.15) is 0 Å². The van der Waals surface area contributed by atoms with Crippen molar-refractivity contribution in [2.24, 2.45) is 0 Å². The fourth-order valence-electron chi connectivity index (χ4n) is 2.00. The molecule has 1 amide bonds. The van der Waals surface area contributed by atoms with Crippen LogP contribution in [0.1, 0.15) is 13.8 Å². The van der Waals surface area contributed by atoms with E-state index in [9.17, 15) is 4.79 Å². The van der Waals surface area contributed by atoms with E-state index in [4.69, 9.17) is 0 Å². The summed E-state index contributed by atoms with van der Waals surface area (Å²) in [5.41, 5.74) is 0.974. The predicted octanol–water partition coefficient (Wildman–Crippen LogP) is 3.20. The van der Waals surface area contributed by atoms with Crippen LogP contribution in [0, 0.1) is 0 Å². The van der Waals surface area contributed by atoms with Crippen LogP contribution in [0.25, 0.3) is 10.9 Å². The molecule has 0 atom stereocenters. The van der Waals surface area contributed by atoms with Crippen molar-refractivity contribution < 1.29 is 4.79 Å². The monoisotopic (exact) mass is 274 g/mol.